The average molecular weight is 349 g/mol. The number of H-pyrrole nitrogens is 1. The van der Waals surface area contributed by atoms with Gasteiger partial charge in [0, 0.05) is 4.47 Å². The van der Waals surface area contributed by atoms with Crippen molar-refractivity contribution in [3.8, 4) is 0 Å². The molecule has 0 unspecified atom stereocenters. The summed E-state index contributed by atoms with van der Waals surface area (Å²) >= 11 is 4.79. The Morgan fingerprint density at radius 3 is 2.90 bits per heavy atom. The maximum absolute atomic E-state index is 11.7. The molecule has 0 saturated heterocycles. The lowest BCUT2D eigenvalue weighted by Gasteiger charge is -1.99. The summed E-state index contributed by atoms with van der Waals surface area (Å²) in [5.41, 5.74) is 3.50. The van der Waals surface area contributed by atoms with Crippen molar-refractivity contribution in [2.45, 2.75) is 0 Å². The van der Waals surface area contributed by atoms with Crippen LogP contribution < -0.4 is 11.0 Å². The van der Waals surface area contributed by atoms with Gasteiger partial charge < -0.3 is 0 Å². The van der Waals surface area contributed by atoms with Gasteiger partial charge in [0.2, 0.25) is 5.95 Å². The molecule has 0 aliphatic rings. The zero-order valence-corrected chi connectivity index (χ0v) is 12.5. The van der Waals surface area contributed by atoms with Gasteiger partial charge in [0.05, 0.1) is 11.6 Å². The van der Waals surface area contributed by atoms with Crippen LogP contribution in [0.25, 0.3) is 10.2 Å². The maximum atomic E-state index is 11.7. The summed E-state index contributed by atoms with van der Waals surface area (Å²) in [5, 5.41) is 6.49. The lowest BCUT2D eigenvalue weighted by molar-refractivity contribution is 1.13. The van der Waals surface area contributed by atoms with Crippen molar-refractivity contribution in [3.63, 3.8) is 0 Å². The Bertz CT molecular complexity index is 822. The fraction of sp³-hybridized carbons (Fsp3) is 0. The molecule has 3 rings (SSSR count). The third kappa shape index (κ3) is 2.78. The van der Waals surface area contributed by atoms with E-state index in [2.05, 4.69) is 36.4 Å². The van der Waals surface area contributed by atoms with Crippen LogP contribution in [-0.4, -0.2) is 16.2 Å². The molecule has 20 heavy (non-hydrogen) atoms. The van der Waals surface area contributed by atoms with Crippen LogP contribution in [0.4, 0.5) is 5.95 Å². The number of aromatic nitrogens is 2. The molecular weight excluding hydrogens is 340 g/mol. The number of halogens is 1. The normalized spacial score (nSPS) is 11.2. The standard InChI is InChI=1S/C13H9BrN4OS/c14-9-3-1-8(2-4-9)7-15-18-13-16-11(19)10-5-6-20-12(10)17-13/h1-7H,(H2,16,17,18,19)/b15-7+. The first kappa shape index (κ1) is 13.0. The highest BCUT2D eigenvalue weighted by molar-refractivity contribution is 9.10. The Labute approximate surface area is 126 Å². The first-order chi connectivity index (χ1) is 9.72. The molecule has 0 atom stereocenters. The lowest BCUT2D eigenvalue weighted by Crippen LogP contribution is -2.09. The zero-order chi connectivity index (χ0) is 13.9. The minimum absolute atomic E-state index is 0.169. The molecule has 2 heterocycles. The van der Waals surface area contributed by atoms with Gasteiger partial charge in [-0.2, -0.15) is 5.10 Å². The van der Waals surface area contributed by atoms with Crippen molar-refractivity contribution in [1.29, 1.82) is 0 Å². The van der Waals surface area contributed by atoms with Crippen LogP contribution >= 0.6 is 27.3 Å². The summed E-state index contributed by atoms with van der Waals surface area (Å²) in [5.74, 6) is 0.332. The molecule has 0 saturated carbocycles. The smallest absolute Gasteiger partial charge is 0.261 e. The third-order valence-corrected chi connectivity index (χ3v) is 3.92. The van der Waals surface area contributed by atoms with E-state index in [1.165, 1.54) is 11.3 Å². The van der Waals surface area contributed by atoms with Crippen molar-refractivity contribution >= 4 is 49.6 Å². The van der Waals surface area contributed by atoms with Crippen molar-refractivity contribution in [1.82, 2.24) is 9.97 Å². The van der Waals surface area contributed by atoms with Gasteiger partial charge >= 0.3 is 0 Å². The topological polar surface area (TPSA) is 70.1 Å². The van der Waals surface area contributed by atoms with Crippen LogP contribution in [0.5, 0.6) is 0 Å². The molecule has 100 valence electrons. The zero-order valence-electron chi connectivity index (χ0n) is 10.1. The SMILES string of the molecule is O=c1[nH]c(N/N=C/c2ccc(Br)cc2)nc2sccc12. The molecule has 0 amide bonds. The van der Waals surface area contributed by atoms with E-state index >= 15 is 0 Å². The summed E-state index contributed by atoms with van der Waals surface area (Å²) in [4.78, 5) is 19.3. The summed E-state index contributed by atoms with van der Waals surface area (Å²) in [6.45, 7) is 0. The number of benzene rings is 1. The molecule has 3 aromatic rings. The lowest BCUT2D eigenvalue weighted by atomic mass is 10.2. The highest BCUT2D eigenvalue weighted by atomic mass is 79.9. The summed E-state index contributed by atoms with van der Waals surface area (Å²) < 4.78 is 1.01. The molecule has 0 fully saturated rings. The number of thiophene rings is 1. The van der Waals surface area contributed by atoms with Gasteiger partial charge in [-0.1, -0.05) is 28.1 Å². The number of anilines is 1. The maximum Gasteiger partial charge on any atom is 0.261 e. The fourth-order valence-electron chi connectivity index (χ4n) is 1.63. The number of hydrazone groups is 1. The van der Waals surface area contributed by atoms with E-state index in [0.717, 1.165) is 10.0 Å². The van der Waals surface area contributed by atoms with Crippen LogP contribution in [0.1, 0.15) is 5.56 Å². The minimum atomic E-state index is -0.169. The molecule has 0 bridgehead atoms. The molecule has 0 aliphatic carbocycles. The second kappa shape index (κ2) is 5.56. The van der Waals surface area contributed by atoms with Gasteiger partial charge in [-0.3, -0.25) is 9.78 Å². The number of hydrogen-bond acceptors (Lipinski definition) is 5. The molecule has 2 N–H and O–H groups in total. The van der Waals surface area contributed by atoms with Crippen LogP contribution in [0.2, 0.25) is 0 Å². The van der Waals surface area contributed by atoms with Crippen LogP contribution in [0.3, 0.4) is 0 Å². The van der Waals surface area contributed by atoms with Gasteiger partial charge in [0.25, 0.3) is 5.56 Å². The van der Waals surface area contributed by atoms with Gasteiger partial charge in [0.15, 0.2) is 0 Å². The second-order valence-corrected chi connectivity index (χ2v) is 5.79. The number of nitrogens with zero attached hydrogens (tertiary/aromatic N) is 2. The van der Waals surface area contributed by atoms with Crippen molar-refractivity contribution < 1.29 is 0 Å². The predicted octanol–water partition coefficient (Wildman–Crippen LogP) is 3.19. The van der Waals surface area contributed by atoms with E-state index in [-0.39, 0.29) is 5.56 Å². The summed E-state index contributed by atoms with van der Waals surface area (Å²) in [7, 11) is 0. The molecule has 7 heteroatoms. The van der Waals surface area contributed by atoms with Crippen molar-refractivity contribution in [2.24, 2.45) is 5.10 Å². The number of nitrogens with one attached hydrogen (secondary N) is 2. The highest BCUT2D eigenvalue weighted by Crippen LogP contribution is 2.15. The quantitative estimate of drug-likeness (QED) is 0.564. The molecule has 0 spiro atoms. The molecule has 0 aliphatic heterocycles. The molecule has 1 aromatic carbocycles. The third-order valence-electron chi connectivity index (χ3n) is 2.59. The fourth-order valence-corrected chi connectivity index (χ4v) is 2.66. The van der Waals surface area contributed by atoms with Crippen molar-refractivity contribution in [3.05, 3.63) is 56.1 Å². The van der Waals surface area contributed by atoms with Gasteiger partial charge in [-0.15, -0.1) is 11.3 Å². The van der Waals surface area contributed by atoms with E-state index in [1.54, 1.807) is 12.3 Å². The van der Waals surface area contributed by atoms with E-state index in [1.807, 2.05) is 29.6 Å². The van der Waals surface area contributed by atoms with Gasteiger partial charge in [-0.05, 0) is 29.1 Å². The summed E-state index contributed by atoms with van der Waals surface area (Å²) in [6.07, 6.45) is 1.66. The Kier molecular flexibility index (Phi) is 3.62. The number of hydrogen-bond donors (Lipinski definition) is 2. The second-order valence-electron chi connectivity index (χ2n) is 3.98. The number of aromatic amines is 1. The predicted molar refractivity (Wildman–Crippen MR) is 85.6 cm³/mol. The van der Waals surface area contributed by atoms with E-state index in [4.69, 9.17) is 0 Å². The largest absolute Gasteiger partial charge is 0.291 e. The van der Waals surface area contributed by atoms with Crippen LogP contribution in [-0.2, 0) is 0 Å². The van der Waals surface area contributed by atoms with Crippen LogP contribution in [0.15, 0.2) is 50.1 Å². The van der Waals surface area contributed by atoms with Crippen molar-refractivity contribution in [2.75, 3.05) is 5.43 Å². The molecule has 0 radical (unpaired) electrons. The highest BCUT2D eigenvalue weighted by Gasteiger charge is 2.03. The average Bonchev–Trinajstić information content (AvgIpc) is 2.90. The van der Waals surface area contributed by atoms with Gasteiger partial charge in [-0.25, -0.2) is 10.4 Å². The first-order valence-electron chi connectivity index (χ1n) is 5.74. The Morgan fingerprint density at radius 1 is 1.30 bits per heavy atom. The molecule has 5 nitrogen and oxygen atoms in total. The number of rotatable bonds is 3. The molecule has 2 aromatic heterocycles. The monoisotopic (exact) mass is 348 g/mol. The summed E-state index contributed by atoms with van der Waals surface area (Å²) in [6, 6.07) is 9.46. The molecular formula is C13H9BrN4OS. The van der Waals surface area contributed by atoms with E-state index in [0.29, 0.717) is 16.2 Å². The first-order valence-corrected chi connectivity index (χ1v) is 7.42. The Hall–Kier alpha value is -1.99. The Morgan fingerprint density at radius 2 is 2.10 bits per heavy atom. The minimum Gasteiger partial charge on any atom is -0.291 e. The Balaban J connectivity index is 1.79. The number of fused-ring (bicyclic) bond motifs is 1. The van der Waals surface area contributed by atoms with E-state index < -0.39 is 0 Å². The van der Waals surface area contributed by atoms with Crippen LogP contribution in [0, 0.1) is 0 Å². The van der Waals surface area contributed by atoms with E-state index in [9.17, 15) is 4.79 Å². The van der Waals surface area contributed by atoms with Gasteiger partial charge in [0.1, 0.15) is 4.83 Å².